The second kappa shape index (κ2) is 3.48. The van der Waals surface area contributed by atoms with Crippen LogP contribution in [0.1, 0.15) is 22.9 Å². The van der Waals surface area contributed by atoms with Gasteiger partial charge in [0.25, 0.3) is 0 Å². The third kappa shape index (κ3) is 1.84. The van der Waals surface area contributed by atoms with Crippen molar-refractivity contribution in [1.29, 1.82) is 0 Å². The smallest absolute Gasteiger partial charge is 0.307 e. The summed E-state index contributed by atoms with van der Waals surface area (Å²) in [6.45, 7) is 1.95. The minimum Gasteiger partial charge on any atom is -0.481 e. The van der Waals surface area contributed by atoms with Crippen LogP contribution in [0, 0.1) is 12.8 Å². The third-order valence-corrected chi connectivity index (χ3v) is 4.11. The van der Waals surface area contributed by atoms with Gasteiger partial charge in [-0.15, -0.1) is 11.3 Å². The molecule has 0 radical (unpaired) electrons. The number of hydrogen-bond acceptors (Lipinski definition) is 4. The summed E-state index contributed by atoms with van der Waals surface area (Å²) in [5.41, 5.74) is 0.984. The lowest BCUT2D eigenvalue weighted by molar-refractivity contribution is -0.138. The molecule has 0 amide bonds. The van der Waals surface area contributed by atoms with E-state index in [1.807, 2.05) is 25.9 Å². The Bertz CT molecular complexity index is 400. The molecule has 2 rings (SSSR count). The Morgan fingerprint density at radius 1 is 1.60 bits per heavy atom. The number of anilines is 1. The predicted molar refractivity (Wildman–Crippen MR) is 59.7 cm³/mol. The Morgan fingerprint density at radius 3 is 2.67 bits per heavy atom. The van der Waals surface area contributed by atoms with Gasteiger partial charge in [-0.1, -0.05) is 0 Å². The monoisotopic (exact) mass is 226 g/mol. The zero-order valence-corrected chi connectivity index (χ0v) is 9.84. The highest BCUT2D eigenvalue weighted by Gasteiger charge is 2.46. The van der Waals surface area contributed by atoms with Crippen LogP contribution in [0.2, 0.25) is 0 Å². The van der Waals surface area contributed by atoms with Gasteiger partial charge in [-0.05, 0) is 13.3 Å². The zero-order valence-electron chi connectivity index (χ0n) is 9.02. The van der Waals surface area contributed by atoms with Crippen molar-refractivity contribution in [2.75, 3.05) is 19.0 Å². The fourth-order valence-corrected chi connectivity index (χ4v) is 2.85. The average Bonchev–Trinajstić information content (AvgIpc) is 2.84. The Labute approximate surface area is 92.6 Å². The summed E-state index contributed by atoms with van der Waals surface area (Å²) >= 11 is 1.61. The summed E-state index contributed by atoms with van der Waals surface area (Å²) in [4.78, 5) is 18.3. The maximum atomic E-state index is 10.8. The van der Waals surface area contributed by atoms with Crippen molar-refractivity contribution < 1.29 is 9.90 Å². The first-order valence-electron chi connectivity index (χ1n) is 4.88. The third-order valence-electron chi connectivity index (χ3n) is 2.65. The lowest BCUT2D eigenvalue weighted by Crippen LogP contribution is -2.07. The van der Waals surface area contributed by atoms with Crippen molar-refractivity contribution in [3.05, 3.63) is 10.6 Å². The van der Waals surface area contributed by atoms with Crippen LogP contribution in [0.15, 0.2) is 0 Å². The van der Waals surface area contributed by atoms with Crippen molar-refractivity contribution in [1.82, 2.24) is 4.98 Å². The van der Waals surface area contributed by atoms with Crippen LogP contribution in [0.5, 0.6) is 0 Å². The van der Waals surface area contributed by atoms with Gasteiger partial charge in [0, 0.05) is 24.9 Å². The van der Waals surface area contributed by atoms with Crippen molar-refractivity contribution in [3.63, 3.8) is 0 Å². The fourth-order valence-electron chi connectivity index (χ4n) is 1.69. The van der Waals surface area contributed by atoms with E-state index >= 15 is 0 Å². The van der Waals surface area contributed by atoms with Crippen LogP contribution >= 0.6 is 11.3 Å². The first-order valence-corrected chi connectivity index (χ1v) is 5.69. The van der Waals surface area contributed by atoms with E-state index < -0.39 is 5.97 Å². The van der Waals surface area contributed by atoms with E-state index in [1.165, 1.54) is 0 Å². The number of rotatable bonds is 3. The molecular formula is C10H14N2O2S. The molecule has 1 N–H and O–H groups in total. The number of aromatic nitrogens is 1. The van der Waals surface area contributed by atoms with Gasteiger partial charge in [-0.25, -0.2) is 4.98 Å². The van der Waals surface area contributed by atoms with Crippen LogP contribution < -0.4 is 4.90 Å². The molecule has 1 heterocycles. The van der Waals surface area contributed by atoms with Crippen molar-refractivity contribution in [2.45, 2.75) is 19.3 Å². The minimum absolute atomic E-state index is 0.181. The number of carboxylic acid groups (broad SMARTS) is 1. The maximum Gasteiger partial charge on any atom is 0.307 e. The van der Waals surface area contributed by atoms with E-state index in [9.17, 15) is 4.79 Å². The Morgan fingerprint density at radius 2 is 2.27 bits per heavy atom. The molecule has 1 saturated carbocycles. The maximum absolute atomic E-state index is 10.8. The van der Waals surface area contributed by atoms with E-state index in [4.69, 9.17) is 5.11 Å². The molecule has 0 saturated heterocycles. The summed E-state index contributed by atoms with van der Waals surface area (Å²) < 4.78 is 0. The van der Waals surface area contributed by atoms with Gasteiger partial charge in [-0.2, -0.15) is 0 Å². The molecule has 0 unspecified atom stereocenters. The molecule has 0 spiro atoms. The summed E-state index contributed by atoms with van der Waals surface area (Å²) in [6, 6.07) is 0. The van der Waals surface area contributed by atoms with E-state index in [-0.39, 0.29) is 11.8 Å². The highest BCUT2D eigenvalue weighted by Crippen LogP contribution is 2.51. The van der Waals surface area contributed by atoms with Crippen LogP contribution in [0.25, 0.3) is 0 Å². The molecule has 1 aromatic heterocycles. The molecule has 1 aliphatic rings. The molecule has 15 heavy (non-hydrogen) atoms. The molecule has 1 fully saturated rings. The molecule has 2 atom stereocenters. The van der Waals surface area contributed by atoms with Crippen LogP contribution in [0.3, 0.4) is 0 Å². The van der Waals surface area contributed by atoms with E-state index in [0.717, 1.165) is 22.1 Å². The highest BCUT2D eigenvalue weighted by atomic mass is 32.1. The second-order valence-electron chi connectivity index (χ2n) is 4.13. The fraction of sp³-hybridized carbons (Fsp3) is 0.600. The summed E-state index contributed by atoms with van der Waals surface area (Å²) in [6.07, 6.45) is 0.769. The number of nitrogens with zero attached hydrogens (tertiary/aromatic N) is 2. The lowest BCUT2D eigenvalue weighted by Gasteiger charge is -2.05. The molecule has 4 nitrogen and oxygen atoms in total. The Hall–Kier alpha value is -1.10. The quantitative estimate of drug-likeness (QED) is 0.852. The standard InChI is InChI=1S/C10H14N2O2S/c1-5-8(6-4-7(6)9(13)14)15-10(11-5)12(2)3/h6-7H,4H2,1-3H3,(H,13,14)/t6-,7-/m1/s1. The second-order valence-corrected chi connectivity index (χ2v) is 5.14. The molecule has 5 heteroatoms. The topological polar surface area (TPSA) is 53.4 Å². The normalized spacial score (nSPS) is 23.9. The van der Waals surface area contributed by atoms with Gasteiger partial charge >= 0.3 is 5.97 Å². The van der Waals surface area contributed by atoms with E-state index in [2.05, 4.69) is 4.98 Å². The molecule has 82 valence electrons. The molecule has 1 aliphatic carbocycles. The number of aliphatic carboxylic acids is 1. The highest BCUT2D eigenvalue weighted by molar-refractivity contribution is 7.15. The minimum atomic E-state index is -0.681. The number of carbonyl (C=O) groups is 1. The largest absolute Gasteiger partial charge is 0.481 e. The van der Waals surface area contributed by atoms with Gasteiger partial charge in [0.05, 0.1) is 11.6 Å². The number of carboxylic acids is 1. The van der Waals surface area contributed by atoms with E-state index in [1.54, 1.807) is 11.3 Å². The first kappa shape index (κ1) is 10.4. The van der Waals surface area contributed by atoms with Crippen LogP contribution in [0.4, 0.5) is 5.13 Å². The lowest BCUT2D eigenvalue weighted by atomic mass is 10.2. The molecule has 1 aromatic rings. The predicted octanol–water partition coefficient (Wildman–Crippen LogP) is 1.71. The van der Waals surface area contributed by atoms with Gasteiger partial charge in [0.2, 0.25) is 0 Å². The Balaban J connectivity index is 2.20. The summed E-state index contributed by atoms with van der Waals surface area (Å²) in [5.74, 6) is -0.660. The Kier molecular flexibility index (Phi) is 2.42. The van der Waals surface area contributed by atoms with Gasteiger partial charge in [0.1, 0.15) is 0 Å². The van der Waals surface area contributed by atoms with Crippen molar-refractivity contribution in [2.24, 2.45) is 5.92 Å². The first-order chi connectivity index (χ1) is 7.00. The SMILES string of the molecule is Cc1nc(N(C)C)sc1[C@@H]1C[C@H]1C(=O)O. The van der Waals surface area contributed by atoms with E-state index in [0.29, 0.717) is 0 Å². The zero-order chi connectivity index (χ0) is 11.2. The van der Waals surface area contributed by atoms with Crippen LogP contribution in [-0.2, 0) is 4.79 Å². The van der Waals surface area contributed by atoms with Gasteiger partial charge < -0.3 is 10.0 Å². The summed E-state index contributed by atoms with van der Waals surface area (Å²) in [7, 11) is 3.90. The number of thiazole rings is 1. The summed E-state index contributed by atoms with van der Waals surface area (Å²) in [5, 5.41) is 9.82. The van der Waals surface area contributed by atoms with Gasteiger partial charge in [-0.3, -0.25) is 4.79 Å². The molecule has 0 aliphatic heterocycles. The molecule has 0 aromatic carbocycles. The van der Waals surface area contributed by atoms with Crippen molar-refractivity contribution >= 4 is 22.4 Å². The van der Waals surface area contributed by atoms with Crippen molar-refractivity contribution in [3.8, 4) is 0 Å². The average molecular weight is 226 g/mol. The molecule has 0 bridgehead atoms. The number of hydrogen-bond donors (Lipinski definition) is 1. The van der Waals surface area contributed by atoms with Crippen LogP contribution in [-0.4, -0.2) is 30.2 Å². The molecular weight excluding hydrogens is 212 g/mol. The van der Waals surface area contributed by atoms with Gasteiger partial charge in [0.15, 0.2) is 5.13 Å². The number of aryl methyl sites for hydroxylation is 1.